The summed E-state index contributed by atoms with van der Waals surface area (Å²) in [6, 6.07) is 3.15. The Morgan fingerprint density at radius 1 is 1.33 bits per heavy atom. The van der Waals surface area contributed by atoms with Crippen molar-refractivity contribution in [3.05, 3.63) is 22.2 Å². The van der Waals surface area contributed by atoms with Crippen LogP contribution in [0.25, 0.3) is 0 Å². The van der Waals surface area contributed by atoms with Gasteiger partial charge in [0, 0.05) is 6.54 Å². The minimum absolute atomic E-state index is 0.173. The highest BCUT2D eigenvalue weighted by Crippen LogP contribution is 2.36. The molecule has 0 aliphatic heterocycles. The fourth-order valence-electron chi connectivity index (χ4n) is 1.77. The number of ether oxygens (including phenoxy) is 2. The number of carbonyl (C=O) groups is 1. The number of nitrogens with one attached hydrogen (secondary N) is 1. The Labute approximate surface area is 134 Å². The third kappa shape index (κ3) is 4.61. The number of methoxy groups -OCH3 is 2. The fourth-order valence-corrected chi connectivity index (χ4v) is 2.42. The van der Waals surface area contributed by atoms with Crippen molar-refractivity contribution in [3.63, 3.8) is 0 Å². The zero-order valence-electron chi connectivity index (χ0n) is 13.1. The van der Waals surface area contributed by atoms with Gasteiger partial charge in [0.2, 0.25) is 5.91 Å². The summed E-state index contributed by atoms with van der Waals surface area (Å²) in [4.78, 5) is 12.0. The number of benzene rings is 1. The molecule has 1 amide bonds. The van der Waals surface area contributed by atoms with Crippen molar-refractivity contribution in [2.75, 3.05) is 14.2 Å². The summed E-state index contributed by atoms with van der Waals surface area (Å²) in [7, 11) is 3.15. The van der Waals surface area contributed by atoms with Gasteiger partial charge in [-0.25, -0.2) is 0 Å². The Hall–Kier alpha value is -1.27. The van der Waals surface area contributed by atoms with Crippen molar-refractivity contribution in [2.24, 2.45) is 11.1 Å². The first-order valence-electron chi connectivity index (χ1n) is 6.64. The van der Waals surface area contributed by atoms with E-state index in [4.69, 9.17) is 15.2 Å². The summed E-state index contributed by atoms with van der Waals surface area (Å²) in [5.74, 6) is 1.06. The zero-order valence-corrected chi connectivity index (χ0v) is 14.7. The average Bonchev–Trinajstić information content (AvgIpc) is 2.42. The first-order valence-corrected chi connectivity index (χ1v) is 7.43. The number of hydrogen-bond donors (Lipinski definition) is 2. The molecule has 118 valence electrons. The molecule has 0 aliphatic carbocycles. The standard InChI is InChI=1S/C15H23BrN2O3/c1-15(2,3)13(17)14(19)18-8-9-6-10(16)12(21-5)11(7-9)20-4/h6-7,13H,8,17H2,1-5H3,(H,18,19)/t13-/m1/s1. The van der Waals surface area contributed by atoms with Crippen LogP contribution in [0.4, 0.5) is 0 Å². The molecule has 0 spiro atoms. The van der Waals surface area contributed by atoms with Crippen LogP contribution in [0.5, 0.6) is 11.5 Å². The van der Waals surface area contributed by atoms with E-state index in [1.165, 1.54) is 0 Å². The van der Waals surface area contributed by atoms with Crippen molar-refractivity contribution < 1.29 is 14.3 Å². The highest BCUT2D eigenvalue weighted by atomic mass is 79.9. The molecule has 0 fully saturated rings. The average molecular weight is 359 g/mol. The van der Waals surface area contributed by atoms with Crippen molar-refractivity contribution in [1.82, 2.24) is 5.32 Å². The van der Waals surface area contributed by atoms with Crippen LogP contribution in [0.1, 0.15) is 26.3 Å². The second-order valence-corrected chi connectivity index (χ2v) is 6.73. The first-order chi connectivity index (χ1) is 9.70. The molecule has 0 heterocycles. The van der Waals surface area contributed by atoms with E-state index in [9.17, 15) is 4.79 Å². The molecular formula is C15H23BrN2O3. The Balaban J connectivity index is 2.81. The van der Waals surface area contributed by atoms with Gasteiger partial charge in [-0.2, -0.15) is 0 Å². The molecule has 1 atom stereocenters. The maximum absolute atomic E-state index is 12.0. The molecule has 0 saturated carbocycles. The molecule has 0 saturated heterocycles. The number of hydrogen-bond acceptors (Lipinski definition) is 4. The third-order valence-corrected chi connectivity index (χ3v) is 3.76. The van der Waals surface area contributed by atoms with Gasteiger partial charge in [0.15, 0.2) is 11.5 Å². The van der Waals surface area contributed by atoms with E-state index >= 15 is 0 Å². The van der Waals surface area contributed by atoms with Gasteiger partial charge in [0.25, 0.3) is 0 Å². The lowest BCUT2D eigenvalue weighted by Gasteiger charge is -2.25. The normalized spacial score (nSPS) is 12.7. The lowest BCUT2D eigenvalue weighted by Crippen LogP contribution is -2.48. The molecule has 6 heteroatoms. The quantitative estimate of drug-likeness (QED) is 0.847. The Morgan fingerprint density at radius 3 is 2.43 bits per heavy atom. The van der Waals surface area contributed by atoms with Crippen LogP contribution in [0, 0.1) is 5.41 Å². The van der Waals surface area contributed by atoms with Gasteiger partial charge >= 0.3 is 0 Å². The molecule has 0 radical (unpaired) electrons. The molecule has 0 unspecified atom stereocenters. The Kier molecular flexibility index (Phi) is 6.04. The molecule has 5 nitrogen and oxygen atoms in total. The molecule has 21 heavy (non-hydrogen) atoms. The molecule has 3 N–H and O–H groups in total. The third-order valence-electron chi connectivity index (χ3n) is 3.18. The summed E-state index contributed by atoms with van der Waals surface area (Å²) in [6.07, 6.45) is 0. The van der Waals surface area contributed by atoms with Crippen molar-refractivity contribution in [3.8, 4) is 11.5 Å². The summed E-state index contributed by atoms with van der Waals surface area (Å²) in [5, 5.41) is 2.84. The number of rotatable bonds is 5. The molecule has 1 aromatic rings. The minimum Gasteiger partial charge on any atom is -0.493 e. The number of nitrogens with two attached hydrogens (primary N) is 1. The van der Waals surface area contributed by atoms with Gasteiger partial charge in [0.1, 0.15) is 0 Å². The zero-order chi connectivity index (χ0) is 16.2. The summed E-state index contributed by atoms with van der Waals surface area (Å²) in [5.41, 5.74) is 6.55. The lowest BCUT2D eigenvalue weighted by atomic mass is 9.87. The summed E-state index contributed by atoms with van der Waals surface area (Å²) >= 11 is 3.42. The maximum Gasteiger partial charge on any atom is 0.237 e. The predicted molar refractivity (Wildman–Crippen MR) is 86.5 cm³/mol. The van der Waals surface area contributed by atoms with Gasteiger partial charge in [-0.15, -0.1) is 0 Å². The molecular weight excluding hydrogens is 336 g/mol. The highest BCUT2D eigenvalue weighted by molar-refractivity contribution is 9.10. The summed E-state index contributed by atoms with van der Waals surface area (Å²) in [6.45, 7) is 6.18. The highest BCUT2D eigenvalue weighted by Gasteiger charge is 2.27. The molecule has 1 aromatic carbocycles. The second kappa shape index (κ2) is 7.13. The number of carbonyl (C=O) groups excluding carboxylic acids is 1. The van der Waals surface area contributed by atoms with Crippen LogP contribution in [0.15, 0.2) is 16.6 Å². The van der Waals surface area contributed by atoms with E-state index < -0.39 is 6.04 Å². The van der Waals surface area contributed by atoms with Crippen LogP contribution in [0.2, 0.25) is 0 Å². The largest absolute Gasteiger partial charge is 0.493 e. The van der Waals surface area contributed by atoms with Crippen LogP contribution >= 0.6 is 15.9 Å². The smallest absolute Gasteiger partial charge is 0.237 e. The predicted octanol–water partition coefficient (Wildman–Crippen LogP) is 2.46. The van der Waals surface area contributed by atoms with E-state index in [0.717, 1.165) is 10.0 Å². The summed E-state index contributed by atoms with van der Waals surface area (Å²) < 4.78 is 11.3. The minimum atomic E-state index is -0.555. The molecule has 1 rings (SSSR count). The van der Waals surface area contributed by atoms with E-state index in [0.29, 0.717) is 18.0 Å². The SMILES string of the molecule is COc1cc(CNC(=O)[C@@H](N)C(C)(C)C)cc(Br)c1OC. The number of amides is 1. The lowest BCUT2D eigenvalue weighted by molar-refractivity contribution is -0.124. The Bertz CT molecular complexity index is 512. The van der Waals surface area contributed by atoms with Crippen molar-refractivity contribution in [2.45, 2.75) is 33.4 Å². The van der Waals surface area contributed by atoms with Gasteiger partial charge < -0.3 is 20.5 Å². The van der Waals surface area contributed by atoms with Crippen LogP contribution in [-0.4, -0.2) is 26.2 Å². The van der Waals surface area contributed by atoms with E-state index in [-0.39, 0.29) is 11.3 Å². The van der Waals surface area contributed by atoms with E-state index in [1.807, 2.05) is 32.9 Å². The molecule has 0 bridgehead atoms. The van der Waals surface area contributed by atoms with Gasteiger partial charge in [-0.1, -0.05) is 20.8 Å². The Morgan fingerprint density at radius 2 is 1.95 bits per heavy atom. The maximum atomic E-state index is 12.0. The van der Waals surface area contributed by atoms with Crippen molar-refractivity contribution >= 4 is 21.8 Å². The topological polar surface area (TPSA) is 73.6 Å². The van der Waals surface area contributed by atoms with Crippen molar-refractivity contribution in [1.29, 1.82) is 0 Å². The fraction of sp³-hybridized carbons (Fsp3) is 0.533. The van der Waals surface area contributed by atoms with E-state index in [1.54, 1.807) is 14.2 Å². The van der Waals surface area contributed by atoms with Crippen LogP contribution in [0.3, 0.4) is 0 Å². The second-order valence-electron chi connectivity index (χ2n) is 5.87. The van der Waals surface area contributed by atoms with Crippen LogP contribution in [-0.2, 0) is 11.3 Å². The molecule has 0 aliphatic rings. The van der Waals surface area contributed by atoms with E-state index in [2.05, 4.69) is 21.2 Å². The number of halogens is 1. The van der Waals surface area contributed by atoms with Gasteiger partial charge in [0.05, 0.1) is 24.7 Å². The molecule has 0 aromatic heterocycles. The first kappa shape index (κ1) is 17.8. The van der Waals surface area contributed by atoms with Gasteiger partial charge in [-0.3, -0.25) is 4.79 Å². The monoisotopic (exact) mass is 358 g/mol. The van der Waals surface area contributed by atoms with Crippen LogP contribution < -0.4 is 20.5 Å². The van der Waals surface area contributed by atoms with Gasteiger partial charge in [-0.05, 0) is 39.0 Å².